The van der Waals surface area contributed by atoms with Crippen LogP contribution in [0, 0.1) is 10.1 Å². The first-order valence-corrected chi connectivity index (χ1v) is 6.65. The number of aromatic nitrogens is 1. The molecule has 2 rings (SSSR count). The molecule has 7 heteroatoms. The van der Waals surface area contributed by atoms with Crippen LogP contribution in [0.4, 0.5) is 11.5 Å². The molecule has 1 N–H and O–H groups in total. The third-order valence-corrected chi connectivity index (χ3v) is 3.06. The first-order chi connectivity index (χ1) is 10.1. The van der Waals surface area contributed by atoms with E-state index in [1.165, 1.54) is 12.1 Å². The largest absolute Gasteiger partial charge is 0.497 e. The summed E-state index contributed by atoms with van der Waals surface area (Å²) in [6.07, 6.45) is 0.756. The number of pyridine rings is 1. The normalized spacial score (nSPS) is 10.2. The van der Waals surface area contributed by atoms with E-state index in [0.29, 0.717) is 12.4 Å². The summed E-state index contributed by atoms with van der Waals surface area (Å²) in [7, 11) is 1.62. The van der Waals surface area contributed by atoms with E-state index in [4.69, 9.17) is 16.3 Å². The Morgan fingerprint density at radius 3 is 2.67 bits per heavy atom. The summed E-state index contributed by atoms with van der Waals surface area (Å²) in [6.45, 7) is 0.594. The maximum atomic E-state index is 10.7. The Bertz CT molecular complexity index is 632. The van der Waals surface area contributed by atoms with Crippen molar-refractivity contribution < 1.29 is 9.66 Å². The van der Waals surface area contributed by atoms with Gasteiger partial charge in [-0.05, 0) is 24.1 Å². The molecule has 0 saturated carbocycles. The number of rotatable bonds is 6. The minimum Gasteiger partial charge on any atom is -0.497 e. The quantitative estimate of drug-likeness (QED) is 0.503. The van der Waals surface area contributed by atoms with Gasteiger partial charge in [-0.25, -0.2) is 4.98 Å². The lowest BCUT2D eigenvalue weighted by Crippen LogP contribution is -2.06. The van der Waals surface area contributed by atoms with E-state index in [2.05, 4.69) is 10.3 Å². The Labute approximate surface area is 126 Å². The zero-order chi connectivity index (χ0) is 15.2. The minimum atomic E-state index is -0.498. The molecular formula is C14H14ClN3O3. The highest BCUT2D eigenvalue weighted by atomic mass is 35.5. The van der Waals surface area contributed by atoms with Gasteiger partial charge in [0.2, 0.25) is 0 Å². The van der Waals surface area contributed by atoms with Gasteiger partial charge in [0.25, 0.3) is 5.69 Å². The third kappa shape index (κ3) is 4.32. The van der Waals surface area contributed by atoms with Crippen molar-refractivity contribution in [2.75, 3.05) is 19.0 Å². The SMILES string of the molecule is COc1ccc(CCNc2cc([N+](=O)[O-])cc(Cl)n2)cc1. The van der Waals surface area contributed by atoms with Gasteiger partial charge in [0.1, 0.15) is 16.7 Å². The molecule has 6 nitrogen and oxygen atoms in total. The Morgan fingerprint density at radius 2 is 2.05 bits per heavy atom. The molecule has 0 radical (unpaired) electrons. The van der Waals surface area contributed by atoms with Crippen molar-refractivity contribution in [2.45, 2.75) is 6.42 Å². The summed E-state index contributed by atoms with van der Waals surface area (Å²) in [4.78, 5) is 14.2. The number of nitro groups is 1. The van der Waals surface area contributed by atoms with Crippen LogP contribution in [-0.4, -0.2) is 23.6 Å². The number of hydrogen-bond acceptors (Lipinski definition) is 5. The van der Waals surface area contributed by atoms with Crippen LogP contribution in [0.2, 0.25) is 5.15 Å². The van der Waals surface area contributed by atoms with E-state index in [-0.39, 0.29) is 10.8 Å². The monoisotopic (exact) mass is 307 g/mol. The fourth-order valence-electron chi connectivity index (χ4n) is 1.81. The molecule has 0 aliphatic carbocycles. The van der Waals surface area contributed by atoms with E-state index >= 15 is 0 Å². The maximum absolute atomic E-state index is 10.7. The molecule has 0 unspecified atom stereocenters. The lowest BCUT2D eigenvalue weighted by molar-refractivity contribution is -0.384. The van der Waals surface area contributed by atoms with Crippen LogP contribution in [0.15, 0.2) is 36.4 Å². The molecule has 110 valence electrons. The summed E-state index contributed by atoms with van der Waals surface area (Å²) in [5, 5.41) is 13.9. The third-order valence-electron chi connectivity index (χ3n) is 2.87. The van der Waals surface area contributed by atoms with Gasteiger partial charge in [0.15, 0.2) is 0 Å². The molecule has 0 fully saturated rings. The van der Waals surface area contributed by atoms with Crippen LogP contribution >= 0.6 is 11.6 Å². The molecule has 0 amide bonds. The van der Waals surface area contributed by atoms with Crippen LogP contribution in [0.25, 0.3) is 0 Å². The van der Waals surface area contributed by atoms with E-state index < -0.39 is 4.92 Å². The van der Waals surface area contributed by atoms with Crippen molar-refractivity contribution in [1.29, 1.82) is 0 Å². The Hall–Kier alpha value is -2.34. The van der Waals surface area contributed by atoms with Gasteiger partial charge < -0.3 is 10.1 Å². The molecule has 2 aromatic rings. The second kappa shape index (κ2) is 6.90. The highest BCUT2D eigenvalue weighted by molar-refractivity contribution is 6.29. The van der Waals surface area contributed by atoms with Crippen molar-refractivity contribution >= 4 is 23.1 Å². The van der Waals surface area contributed by atoms with E-state index in [1.54, 1.807) is 7.11 Å². The standard InChI is InChI=1S/C14H14ClN3O3/c1-21-12-4-2-10(3-5-12)6-7-16-14-9-11(18(19)20)8-13(15)17-14/h2-5,8-9H,6-7H2,1H3,(H,16,17). The summed E-state index contributed by atoms with van der Waals surface area (Å²) in [6, 6.07) is 10.3. The first kappa shape index (κ1) is 15.1. The number of methoxy groups -OCH3 is 1. The molecule has 0 saturated heterocycles. The van der Waals surface area contributed by atoms with Crippen molar-refractivity contribution in [3.05, 3.63) is 57.2 Å². The maximum Gasteiger partial charge on any atom is 0.276 e. The highest BCUT2D eigenvalue weighted by Gasteiger charge is 2.09. The van der Waals surface area contributed by atoms with Gasteiger partial charge in [-0.15, -0.1) is 0 Å². The zero-order valence-corrected chi connectivity index (χ0v) is 12.1. The molecule has 1 aromatic carbocycles. The van der Waals surface area contributed by atoms with Crippen LogP contribution in [0.5, 0.6) is 5.75 Å². The molecular weight excluding hydrogens is 294 g/mol. The zero-order valence-electron chi connectivity index (χ0n) is 11.4. The fourth-order valence-corrected chi connectivity index (χ4v) is 2.01. The summed E-state index contributed by atoms with van der Waals surface area (Å²) >= 11 is 5.75. The predicted molar refractivity (Wildman–Crippen MR) is 81.1 cm³/mol. The topological polar surface area (TPSA) is 77.3 Å². The number of nitrogens with zero attached hydrogens (tertiary/aromatic N) is 2. The van der Waals surface area contributed by atoms with Crippen LogP contribution in [0.1, 0.15) is 5.56 Å². The van der Waals surface area contributed by atoms with Crippen LogP contribution in [-0.2, 0) is 6.42 Å². The van der Waals surface area contributed by atoms with Gasteiger partial charge in [0, 0.05) is 6.54 Å². The number of ether oxygens (including phenoxy) is 1. The summed E-state index contributed by atoms with van der Waals surface area (Å²) in [5.74, 6) is 1.20. The Kier molecular flexibility index (Phi) is 4.94. The van der Waals surface area contributed by atoms with Crippen molar-refractivity contribution in [1.82, 2.24) is 4.98 Å². The lowest BCUT2D eigenvalue weighted by atomic mass is 10.1. The smallest absolute Gasteiger partial charge is 0.276 e. The number of hydrogen-bond donors (Lipinski definition) is 1. The summed E-state index contributed by atoms with van der Waals surface area (Å²) < 4.78 is 5.09. The molecule has 0 bridgehead atoms. The molecule has 0 aliphatic rings. The number of nitrogens with one attached hydrogen (secondary N) is 1. The van der Waals surface area contributed by atoms with Crippen molar-refractivity contribution in [3.63, 3.8) is 0 Å². The van der Waals surface area contributed by atoms with Gasteiger partial charge in [0.05, 0.1) is 24.2 Å². The van der Waals surface area contributed by atoms with Gasteiger partial charge >= 0.3 is 0 Å². The second-order valence-electron chi connectivity index (χ2n) is 4.32. The lowest BCUT2D eigenvalue weighted by Gasteiger charge is -2.07. The number of halogens is 1. The van der Waals surface area contributed by atoms with Crippen LogP contribution < -0.4 is 10.1 Å². The predicted octanol–water partition coefficient (Wildman–Crippen LogP) is 3.31. The summed E-state index contributed by atoms with van der Waals surface area (Å²) in [5.41, 5.74) is 1.04. The molecule has 21 heavy (non-hydrogen) atoms. The number of anilines is 1. The average Bonchev–Trinajstić information content (AvgIpc) is 2.47. The average molecular weight is 308 g/mol. The van der Waals surface area contributed by atoms with Crippen LogP contribution in [0.3, 0.4) is 0 Å². The molecule has 1 aromatic heterocycles. The molecule has 0 atom stereocenters. The molecule has 0 spiro atoms. The second-order valence-corrected chi connectivity index (χ2v) is 4.70. The van der Waals surface area contributed by atoms with Gasteiger partial charge in [-0.1, -0.05) is 23.7 Å². The van der Waals surface area contributed by atoms with Crippen molar-refractivity contribution in [2.24, 2.45) is 0 Å². The Balaban J connectivity index is 1.95. The van der Waals surface area contributed by atoms with Gasteiger partial charge in [-0.3, -0.25) is 10.1 Å². The van der Waals surface area contributed by atoms with Crippen molar-refractivity contribution in [3.8, 4) is 5.75 Å². The van der Waals surface area contributed by atoms with Gasteiger partial charge in [-0.2, -0.15) is 0 Å². The van der Waals surface area contributed by atoms with E-state index in [9.17, 15) is 10.1 Å². The molecule has 1 heterocycles. The van der Waals surface area contributed by atoms with E-state index in [1.807, 2.05) is 24.3 Å². The first-order valence-electron chi connectivity index (χ1n) is 6.27. The molecule has 0 aliphatic heterocycles. The Morgan fingerprint density at radius 1 is 1.33 bits per heavy atom. The minimum absolute atomic E-state index is 0.0815. The fraction of sp³-hybridized carbons (Fsp3) is 0.214. The van der Waals surface area contributed by atoms with E-state index in [0.717, 1.165) is 17.7 Å². The highest BCUT2D eigenvalue weighted by Crippen LogP contribution is 2.20. The number of benzene rings is 1.